The summed E-state index contributed by atoms with van der Waals surface area (Å²) in [6.45, 7) is 0.476. The summed E-state index contributed by atoms with van der Waals surface area (Å²) in [4.78, 5) is 26.4. The molecule has 5 nitrogen and oxygen atoms in total. The first-order chi connectivity index (χ1) is 10.1. The molecular weight excluding hydrogens is 268 g/mol. The minimum atomic E-state index is -0.377. The first kappa shape index (κ1) is 13.7. The lowest BCUT2D eigenvalue weighted by Gasteiger charge is -2.05. The van der Waals surface area contributed by atoms with Crippen molar-refractivity contribution in [2.45, 2.75) is 25.7 Å². The van der Waals surface area contributed by atoms with E-state index in [4.69, 9.17) is 10.5 Å². The summed E-state index contributed by atoms with van der Waals surface area (Å²) < 4.78 is 5.34. The van der Waals surface area contributed by atoms with Crippen LogP contribution in [-0.2, 0) is 16.0 Å². The molecule has 1 aliphatic carbocycles. The van der Waals surface area contributed by atoms with E-state index < -0.39 is 0 Å². The number of carbonyl (C=O) groups is 2. The second kappa shape index (κ2) is 5.60. The number of para-hydroxylation sites is 1. The number of rotatable bonds is 6. The van der Waals surface area contributed by atoms with Gasteiger partial charge in [0.2, 0.25) is 5.91 Å². The van der Waals surface area contributed by atoms with E-state index in [0.717, 1.165) is 29.3 Å². The van der Waals surface area contributed by atoms with Gasteiger partial charge in [-0.1, -0.05) is 18.2 Å². The Hall–Kier alpha value is -2.30. The summed E-state index contributed by atoms with van der Waals surface area (Å²) in [6.07, 6.45) is 2.92. The highest BCUT2D eigenvalue weighted by Gasteiger charge is 2.25. The lowest BCUT2D eigenvalue weighted by Crippen LogP contribution is -2.14. The lowest BCUT2D eigenvalue weighted by atomic mass is 10.1. The first-order valence-corrected chi connectivity index (χ1v) is 7.20. The molecule has 21 heavy (non-hydrogen) atoms. The van der Waals surface area contributed by atoms with Crippen LogP contribution in [0.4, 0.5) is 0 Å². The number of hydrogen-bond donors (Lipinski definition) is 2. The first-order valence-electron chi connectivity index (χ1n) is 7.20. The molecule has 0 bridgehead atoms. The highest BCUT2D eigenvalue weighted by molar-refractivity contribution is 5.98. The summed E-state index contributed by atoms with van der Waals surface area (Å²) in [6, 6.07) is 7.64. The van der Waals surface area contributed by atoms with Gasteiger partial charge in [0.15, 0.2) is 0 Å². The second-order valence-electron chi connectivity index (χ2n) is 5.53. The van der Waals surface area contributed by atoms with Gasteiger partial charge in [0.05, 0.1) is 6.61 Å². The molecule has 1 aliphatic rings. The molecule has 1 saturated carbocycles. The molecule has 1 fully saturated rings. The number of nitrogens with two attached hydrogens (primary N) is 1. The van der Waals surface area contributed by atoms with Crippen molar-refractivity contribution in [3.05, 3.63) is 35.5 Å². The Morgan fingerprint density at radius 3 is 2.76 bits per heavy atom. The summed E-state index contributed by atoms with van der Waals surface area (Å²) in [5.74, 6) is -0.206. The standard InChI is InChI=1S/C16H18N2O3/c17-14(19)8-7-12-11-3-1-2-4-13(11)18-15(12)16(20)21-9-10-5-6-10/h1-4,10,18H,5-9H2,(H2,17,19). The Balaban J connectivity index is 1.88. The van der Waals surface area contributed by atoms with Crippen LogP contribution < -0.4 is 5.73 Å². The minimum absolute atomic E-state index is 0.213. The third kappa shape index (κ3) is 3.07. The normalized spacial score (nSPS) is 14.3. The molecule has 0 aliphatic heterocycles. The van der Waals surface area contributed by atoms with Gasteiger partial charge in [-0.2, -0.15) is 0 Å². The molecule has 110 valence electrons. The van der Waals surface area contributed by atoms with E-state index >= 15 is 0 Å². The van der Waals surface area contributed by atoms with E-state index in [1.165, 1.54) is 0 Å². The van der Waals surface area contributed by atoms with Crippen molar-refractivity contribution < 1.29 is 14.3 Å². The number of amides is 1. The second-order valence-corrected chi connectivity index (χ2v) is 5.53. The third-order valence-corrected chi connectivity index (χ3v) is 3.79. The molecule has 0 atom stereocenters. The van der Waals surface area contributed by atoms with Crippen LogP contribution in [0.3, 0.4) is 0 Å². The zero-order valence-corrected chi connectivity index (χ0v) is 11.7. The van der Waals surface area contributed by atoms with Gasteiger partial charge in [-0.3, -0.25) is 4.79 Å². The van der Waals surface area contributed by atoms with E-state index in [9.17, 15) is 9.59 Å². The maximum Gasteiger partial charge on any atom is 0.355 e. The average molecular weight is 286 g/mol. The fourth-order valence-electron chi connectivity index (χ4n) is 2.43. The largest absolute Gasteiger partial charge is 0.461 e. The number of aromatic amines is 1. The van der Waals surface area contributed by atoms with Crippen molar-refractivity contribution in [2.24, 2.45) is 11.7 Å². The van der Waals surface area contributed by atoms with Crippen molar-refractivity contribution in [1.82, 2.24) is 4.98 Å². The molecule has 5 heteroatoms. The molecule has 1 aromatic carbocycles. The van der Waals surface area contributed by atoms with Crippen LogP contribution in [0.2, 0.25) is 0 Å². The molecule has 0 saturated heterocycles. The quantitative estimate of drug-likeness (QED) is 0.798. The van der Waals surface area contributed by atoms with Crippen LogP contribution in [0, 0.1) is 5.92 Å². The Labute approximate surface area is 122 Å². The van der Waals surface area contributed by atoms with Crippen molar-refractivity contribution in [3.8, 4) is 0 Å². The van der Waals surface area contributed by atoms with E-state index in [1.807, 2.05) is 24.3 Å². The molecule has 0 spiro atoms. The number of primary amides is 1. The number of esters is 1. The Bertz CT molecular complexity index is 686. The molecule has 0 unspecified atom stereocenters. The van der Waals surface area contributed by atoms with Gasteiger partial charge < -0.3 is 15.5 Å². The lowest BCUT2D eigenvalue weighted by molar-refractivity contribution is -0.117. The number of hydrogen-bond acceptors (Lipinski definition) is 3. The summed E-state index contributed by atoms with van der Waals surface area (Å²) in [7, 11) is 0. The number of fused-ring (bicyclic) bond motifs is 1. The maximum absolute atomic E-state index is 12.2. The Morgan fingerprint density at radius 2 is 2.05 bits per heavy atom. The van der Waals surface area contributed by atoms with Crippen LogP contribution in [-0.4, -0.2) is 23.5 Å². The minimum Gasteiger partial charge on any atom is -0.461 e. The summed E-state index contributed by atoms with van der Waals surface area (Å²) >= 11 is 0. The van der Waals surface area contributed by atoms with Crippen molar-refractivity contribution in [2.75, 3.05) is 6.61 Å². The molecular formula is C16H18N2O3. The number of nitrogens with one attached hydrogen (secondary N) is 1. The number of ether oxygens (including phenoxy) is 1. The molecule has 3 N–H and O–H groups in total. The van der Waals surface area contributed by atoms with Gasteiger partial charge in [-0.15, -0.1) is 0 Å². The van der Waals surface area contributed by atoms with Crippen LogP contribution in [0.15, 0.2) is 24.3 Å². The zero-order chi connectivity index (χ0) is 14.8. The number of carbonyl (C=O) groups excluding carboxylic acids is 2. The topological polar surface area (TPSA) is 85.2 Å². The zero-order valence-electron chi connectivity index (χ0n) is 11.7. The summed E-state index contributed by atoms with van der Waals surface area (Å²) in [5.41, 5.74) is 7.34. The number of aryl methyl sites for hydroxylation is 1. The van der Waals surface area contributed by atoms with Gasteiger partial charge in [-0.05, 0) is 36.8 Å². The van der Waals surface area contributed by atoms with Crippen LogP contribution in [0.1, 0.15) is 35.3 Å². The molecule has 1 amide bonds. The molecule has 1 aromatic heterocycles. The fraction of sp³-hybridized carbons (Fsp3) is 0.375. The molecule has 3 rings (SSSR count). The predicted molar refractivity (Wildman–Crippen MR) is 78.8 cm³/mol. The van der Waals surface area contributed by atoms with Crippen molar-refractivity contribution in [3.63, 3.8) is 0 Å². The number of benzene rings is 1. The van der Waals surface area contributed by atoms with Gasteiger partial charge in [0, 0.05) is 17.3 Å². The van der Waals surface area contributed by atoms with E-state index in [0.29, 0.717) is 24.6 Å². The average Bonchev–Trinajstić information content (AvgIpc) is 3.22. The van der Waals surface area contributed by atoms with E-state index in [2.05, 4.69) is 4.98 Å². The maximum atomic E-state index is 12.2. The van der Waals surface area contributed by atoms with Crippen molar-refractivity contribution >= 4 is 22.8 Å². The molecule has 0 radical (unpaired) electrons. The monoisotopic (exact) mass is 286 g/mol. The van der Waals surface area contributed by atoms with Crippen LogP contribution in [0.5, 0.6) is 0 Å². The SMILES string of the molecule is NC(=O)CCc1c(C(=O)OCC2CC2)[nH]c2ccccc12. The van der Waals surface area contributed by atoms with Gasteiger partial charge >= 0.3 is 5.97 Å². The van der Waals surface area contributed by atoms with Gasteiger partial charge in [-0.25, -0.2) is 4.79 Å². The van der Waals surface area contributed by atoms with Crippen molar-refractivity contribution in [1.29, 1.82) is 0 Å². The van der Waals surface area contributed by atoms with Gasteiger partial charge in [0.25, 0.3) is 0 Å². The summed E-state index contributed by atoms with van der Waals surface area (Å²) in [5, 5.41) is 0.942. The number of aromatic nitrogens is 1. The Kier molecular flexibility index (Phi) is 3.64. The number of H-pyrrole nitrogens is 1. The third-order valence-electron chi connectivity index (χ3n) is 3.79. The fourth-order valence-corrected chi connectivity index (χ4v) is 2.43. The highest BCUT2D eigenvalue weighted by Crippen LogP contribution is 2.30. The van der Waals surface area contributed by atoms with Gasteiger partial charge in [0.1, 0.15) is 5.69 Å². The highest BCUT2D eigenvalue weighted by atomic mass is 16.5. The van der Waals surface area contributed by atoms with Crippen LogP contribution >= 0.6 is 0 Å². The molecule has 1 heterocycles. The van der Waals surface area contributed by atoms with Crippen LogP contribution in [0.25, 0.3) is 10.9 Å². The molecule has 2 aromatic rings. The smallest absolute Gasteiger partial charge is 0.355 e. The predicted octanol–water partition coefficient (Wildman–Crippen LogP) is 2.15. The van der Waals surface area contributed by atoms with E-state index in [1.54, 1.807) is 0 Å². The Morgan fingerprint density at radius 1 is 1.29 bits per heavy atom. The van der Waals surface area contributed by atoms with E-state index in [-0.39, 0.29) is 18.3 Å².